The first kappa shape index (κ1) is 25.7. The van der Waals surface area contributed by atoms with Crippen LogP contribution >= 0.6 is 24.0 Å². The van der Waals surface area contributed by atoms with Crippen molar-refractivity contribution in [2.75, 3.05) is 46.3 Å². The number of rotatable bonds is 10. The van der Waals surface area contributed by atoms with Gasteiger partial charge in [0.1, 0.15) is 5.75 Å². The van der Waals surface area contributed by atoms with Gasteiger partial charge in [-0.3, -0.25) is 9.79 Å². The van der Waals surface area contributed by atoms with E-state index >= 15 is 0 Å². The third-order valence-corrected chi connectivity index (χ3v) is 4.20. The number of benzene rings is 2. The number of nitrogens with zero attached hydrogens (tertiary/aromatic N) is 1. The normalized spacial score (nSPS) is 10.7. The molecule has 1 amide bonds. The fourth-order valence-corrected chi connectivity index (χ4v) is 2.71. The van der Waals surface area contributed by atoms with Crippen molar-refractivity contribution in [1.29, 1.82) is 0 Å². The Kier molecular flexibility index (Phi) is 12.5. The molecule has 0 aliphatic carbocycles. The summed E-state index contributed by atoms with van der Waals surface area (Å²) < 4.78 is 10.8. The average Bonchev–Trinajstić information content (AvgIpc) is 2.76. The van der Waals surface area contributed by atoms with Gasteiger partial charge in [0.2, 0.25) is 0 Å². The Morgan fingerprint density at radius 2 is 1.90 bits per heavy atom. The van der Waals surface area contributed by atoms with Gasteiger partial charge in [0.15, 0.2) is 5.96 Å². The zero-order valence-corrected chi connectivity index (χ0v) is 20.1. The third-order valence-electron chi connectivity index (χ3n) is 4.20. The number of amides is 1. The lowest BCUT2D eigenvalue weighted by Gasteiger charge is -2.13. The number of hydrogen-bond donors (Lipinski definition) is 3. The van der Waals surface area contributed by atoms with Crippen LogP contribution in [0.5, 0.6) is 5.75 Å². The molecule has 0 saturated heterocycles. The quantitative estimate of drug-likeness (QED) is 0.192. The van der Waals surface area contributed by atoms with Crippen LogP contribution in [0, 0.1) is 0 Å². The van der Waals surface area contributed by atoms with E-state index in [1.54, 1.807) is 27.3 Å². The van der Waals surface area contributed by atoms with E-state index in [0.29, 0.717) is 31.3 Å². The highest BCUT2D eigenvalue weighted by Gasteiger charge is 2.05. The minimum Gasteiger partial charge on any atom is -0.493 e. The molecule has 2 aromatic rings. The summed E-state index contributed by atoms with van der Waals surface area (Å²) in [5, 5.41) is 9.20. The van der Waals surface area contributed by atoms with Gasteiger partial charge in [0, 0.05) is 58.1 Å². The predicted molar refractivity (Wildman–Crippen MR) is 132 cm³/mol. The van der Waals surface area contributed by atoms with Crippen LogP contribution in [0.3, 0.4) is 0 Å². The lowest BCUT2D eigenvalue weighted by atomic mass is 10.1. The van der Waals surface area contributed by atoms with Gasteiger partial charge in [0.25, 0.3) is 5.91 Å². The van der Waals surface area contributed by atoms with Crippen LogP contribution < -0.4 is 20.7 Å². The molecule has 30 heavy (non-hydrogen) atoms. The number of carbonyl (C=O) groups excluding carboxylic acids is 1. The molecule has 0 atom stereocenters. The van der Waals surface area contributed by atoms with Gasteiger partial charge < -0.3 is 25.4 Å². The Labute approximate surface area is 195 Å². The summed E-state index contributed by atoms with van der Waals surface area (Å²) in [7, 11) is 5.04. The minimum atomic E-state index is -0.0818. The molecule has 2 rings (SSSR count). The Morgan fingerprint density at radius 1 is 1.10 bits per heavy atom. The van der Waals surface area contributed by atoms with Crippen molar-refractivity contribution in [1.82, 2.24) is 10.6 Å². The fraction of sp³-hybridized carbons (Fsp3) is 0.364. The smallest absolute Gasteiger partial charge is 0.251 e. The van der Waals surface area contributed by atoms with Crippen molar-refractivity contribution in [3.8, 4) is 5.75 Å². The molecule has 0 bridgehead atoms. The van der Waals surface area contributed by atoms with Gasteiger partial charge in [-0.25, -0.2) is 0 Å². The van der Waals surface area contributed by atoms with E-state index in [1.165, 1.54) is 0 Å². The van der Waals surface area contributed by atoms with E-state index < -0.39 is 0 Å². The van der Waals surface area contributed by atoms with Crippen LogP contribution in [0.4, 0.5) is 5.69 Å². The number of anilines is 1. The Bertz CT molecular complexity index is 814. The lowest BCUT2D eigenvalue weighted by Crippen LogP contribution is -2.32. The van der Waals surface area contributed by atoms with Crippen LogP contribution in [0.25, 0.3) is 0 Å². The molecule has 0 radical (unpaired) electrons. The average molecular weight is 526 g/mol. The molecule has 0 aromatic heterocycles. The Hall–Kier alpha value is -2.33. The van der Waals surface area contributed by atoms with E-state index in [0.717, 1.165) is 29.8 Å². The molecule has 0 spiro atoms. The second kappa shape index (κ2) is 14.6. The summed E-state index contributed by atoms with van der Waals surface area (Å²) in [5.41, 5.74) is 2.64. The lowest BCUT2D eigenvalue weighted by molar-refractivity contribution is 0.0963. The summed E-state index contributed by atoms with van der Waals surface area (Å²) in [5.74, 6) is 1.39. The summed E-state index contributed by atoms with van der Waals surface area (Å²) in [6.45, 7) is 1.98. The molecular formula is C22H31IN4O3. The van der Waals surface area contributed by atoms with Crippen molar-refractivity contribution < 1.29 is 14.3 Å². The molecule has 3 N–H and O–H groups in total. The van der Waals surface area contributed by atoms with E-state index in [9.17, 15) is 4.79 Å². The van der Waals surface area contributed by atoms with Gasteiger partial charge in [-0.1, -0.05) is 18.2 Å². The summed E-state index contributed by atoms with van der Waals surface area (Å²) >= 11 is 0. The third kappa shape index (κ3) is 9.00. The first-order valence-electron chi connectivity index (χ1n) is 9.66. The molecule has 7 nitrogen and oxygen atoms in total. The van der Waals surface area contributed by atoms with E-state index in [4.69, 9.17) is 9.47 Å². The molecular weight excluding hydrogens is 495 g/mol. The molecule has 164 valence electrons. The van der Waals surface area contributed by atoms with Crippen LogP contribution in [0.15, 0.2) is 53.5 Å². The van der Waals surface area contributed by atoms with Crippen molar-refractivity contribution in [3.05, 3.63) is 59.7 Å². The Morgan fingerprint density at radius 3 is 2.63 bits per heavy atom. The van der Waals surface area contributed by atoms with E-state index in [2.05, 4.69) is 20.9 Å². The first-order chi connectivity index (χ1) is 14.2. The van der Waals surface area contributed by atoms with E-state index in [-0.39, 0.29) is 29.9 Å². The van der Waals surface area contributed by atoms with Crippen molar-refractivity contribution in [3.63, 3.8) is 0 Å². The molecule has 8 heteroatoms. The summed E-state index contributed by atoms with van der Waals surface area (Å²) in [6.07, 6.45) is 1.62. The molecule has 0 aliphatic rings. The van der Waals surface area contributed by atoms with Crippen molar-refractivity contribution in [2.24, 2.45) is 4.99 Å². The first-order valence-corrected chi connectivity index (χ1v) is 9.66. The summed E-state index contributed by atoms with van der Waals surface area (Å²) in [4.78, 5) is 16.0. The monoisotopic (exact) mass is 526 g/mol. The maximum atomic E-state index is 11.8. The number of hydrogen-bond acceptors (Lipinski definition) is 4. The van der Waals surface area contributed by atoms with Crippen LogP contribution in [0.2, 0.25) is 0 Å². The number of methoxy groups -OCH3 is 1. The van der Waals surface area contributed by atoms with Crippen LogP contribution in [-0.2, 0) is 11.2 Å². The van der Waals surface area contributed by atoms with Gasteiger partial charge >= 0.3 is 0 Å². The van der Waals surface area contributed by atoms with Crippen molar-refractivity contribution in [2.45, 2.75) is 12.8 Å². The molecule has 0 unspecified atom stereocenters. The minimum absolute atomic E-state index is 0. The number of ether oxygens (including phenoxy) is 2. The maximum absolute atomic E-state index is 11.8. The highest BCUT2D eigenvalue weighted by atomic mass is 127. The number of carbonyl (C=O) groups is 1. The SMILES string of the molecule is CN=C(NCCc1cccc(C(=O)NC)c1)Nc1cccc(OCCCOC)c1.I. The highest BCUT2D eigenvalue weighted by Crippen LogP contribution is 2.17. The maximum Gasteiger partial charge on any atom is 0.251 e. The second-order valence-corrected chi connectivity index (χ2v) is 6.38. The van der Waals surface area contributed by atoms with E-state index in [1.807, 2.05) is 42.5 Å². The highest BCUT2D eigenvalue weighted by molar-refractivity contribution is 14.0. The molecule has 0 heterocycles. The Balaban J connectivity index is 0.00000450. The predicted octanol–water partition coefficient (Wildman–Crippen LogP) is 3.31. The van der Waals surface area contributed by atoms with Crippen molar-refractivity contribution >= 4 is 41.5 Å². The van der Waals surface area contributed by atoms with Gasteiger partial charge in [-0.15, -0.1) is 24.0 Å². The number of guanidine groups is 1. The molecule has 2 aromatic carbocycles. The largest absolute Gasteiger partial charge is 0.493 e. The fourth-order valence-electron chi connectivity index (χ4n) is 2.71. The molecule has 0 fully saturated rings. The van der Waals surface area contributed by atoms with Gasteiger partial charge in [-0.2, -0.15) is 0 Å². The van der Waals surface area contributed by atoms with Crippen LogP contribution in [-0.4, -0.2) is 52.8 Å². The van der Waals surface area contributed by atoms with Gasteiger partial charge in [-0.05, 0) is 36.2 Å². The van der Waals surface area contributed by atoms with Crippen LogP contribution in [0.1, 0.15) is 22.3 Å². The molecule has 0 saturated carbocycles. The number of halogens is 1. The topological polar surface area (TPSA) is 84.0 Å². The zero-order chi connectivity index (χ0) is 20.9. The summed E-state index contributed by atoms with van der Waals surface area (Å²) in [6, 6.07) is 15.4. The number of aliphatic imine (C=N–C) groups is 1. The van der Waals surface area contributed by atoms with Gasteiger partial charge in [0.05, 0.1) is 6.61 Å². The molecule has 0 aliphatic heterocycles. The number of nitrogens with one attached hydrogen (secondary N) is 3. The zero-order valence-electron chi connectivity index (χ0n) is 17.7. The standard InChI is InChI=1S/C22H30N4O3.HI/c1-23-21(27)18-8-4-7-17(15-18)11-12-25-22(24-2)26-19-9-5-10-20(16-19)29-14-6-13-28-3;/h4-5,7-10,15-16H,6,11-14H2,1-3H3,(H,23,27)(H2,24,25,26);1H. The second-order valence-electron chi connectivity index (χ2n) is 6.38.